The fraction of sp³-hybridized carbons (Fsp3) is 0.522. The third-order valence-corrected chi connectivity index (χ3v) is 4.69. The zero-order chi connectivity index (χ0) is 19.6. The van der Waals surface area contributed by atoms with Gasteiger partial charge >= 0.3 is 5.97 Å². The highest BCUT2D eigenvalue weighted by Crippen LogP contribution is 2.25. The van der Waals surface area contributed by atoms with Crippen LogP contribution in [0.4, 0.5) is 0 Å². The first kappa shape index (κ1) is 21.1. The Morgan fingerprint density at radius 1 is 0.926 bits per heavy atom. The summed E-state index contributed by atoms with van der Waals surface area (Å²) in [6.45, 7) is 8.30. The lowest BCUT2D eigenvalue weighted by molar-refractivity contribution is 0.0525. The topological polar surface area (TPSA) is 52.1 Å². The van der Waals surface area contributed by atoms with Crippen molar-refractivity contribution in [2.75, 3.05) is 6.61 Å². The van der Waals surface area contributed by atoms with Gasteiger partial charge in [-0.25, -0.2) is 14.8 Å². The van der Waals surface area contributed by atoms with Crippen LogP contribution in [0.25, 0.3) is 11.3 Å². The molecule has 1 aromatic carbocycles. The van der Waals surface area contributed by atoms with Gasteiger partial charge < -0.3 is 4.74 Å². The van der Waals surface area contributed by atoms with E-state index in [1.54, 1.807) is 0 Å². The zero-order valence-electron chi connectivity index (χ0n) is 17.2. The lowest BCUT2D eigenvalue weighted by Crippen LogP contribution is -2.13. The average Bonchev–Trinajstić information content (AvgIpc) is 2.65. The molecule has 0 aliphatic heterocycles. The number of rotatable bonds is 10. The van der Waals surface area contributed by atoms with Gasteiger partial charge in [0.15, 0.2) is 0 Å². The van der Waals surface area contributed by atoms with Crippen molar-refractivity contribution >= 4 is 5.97 Å². The maximum absolute atomic E-state index is 12.5. The Morgan fingerprint density at radius 2 is 1.59 bits per heavy atom. The van der Waals surface area contributed by atoms with Crippen LogP contribution >= 0.6 is 0 Å². The van der Waals surface area contributed by atoms with Crippen LogP contribution in [0.3, 0.4) is 0 Å². The summed E-state index contributed by atoms with van der Waals surface area (Å²) in [5.74, 6) is 0.461. The minimum absolute atomic E-state index is 0.338. The van der Waals surface area contributed by atoms with Gasteiger partial charge in [0.1, 0.15) is 11.4 Å². The van der Waals surface area contributed by atoms with E-state index in [0.29, 0.717) is 23.6 Å². The Morgan fingerprint density at radius 3 is 2.26 bits per heavy atom. The molecule has 0 aliphatic rings. The summed E-state index contributed by atoms with van der Waals surface area (Å²) in [5.41, 5.74) is 3.96. The maximum Gasteiger partial charge on any atom is 0.342 e. The average molecular weight is 369 g/mol. The van der Waals surface area contributed by atoms with Crippen LogP contribution in [-0.4, -0.2) is 22.5 Å². The second-order valence-corrected chi connectivity index (χ2v) is 7.05. The van der Waals surface area contributed by atoms with Gasteiger partial charge in [-0.15, -0.1) is 0 Å². The largest absolute Gasteiger partial charge is 0.462 e. The molecular formula is C23H32N2O2. The molecule has 1 heterocycles. The van der Waals surface area contributed by atoms with Gasteiger partial charge in [0, 0.05) is 12.0 Å². The minimum atomic E-state index is -0.350. The molecule has 0 atom stereocenters. The summed E-state index contributed by atoms with van der Waals surface area (Å²) < 4.78 is 5.25. The van der Waals surface area contributed by atoms with Crippen LogP contribution in [0.1, 0.15) is 79.8 Å². The number of aromatic nitrogens is 2. The Balaban J connectivity index is 2.25. The molecule has 0 saturated heterocycles. The molecule has 146 valence electrons. The van der Waals surface area contributed by atoms with E-state index in [0.717, 1.165) is 24.2 Å². The predicted octanol–water partition coefficient (Wildman–Crippen LogP) is 5.84. The summed E-state index contributed by atoms with van der Waals surface area (Å²) in [5, 5.41) is 0. The van der Waals surface area contributed by atoms with E-state index >= 15 is 0 Å². The molecule has 0 bridgehead atoms. The van der Waals surface area contributed by atoms with Gasteiger partial charge in [0.05, 0.1) is 18.0 Å². The molecule has 4 nitrogen and oxygen atoms in total. The van der Waals surface area contributed by atoms with Crippen molar-refractivity contribution in [3.05, 3.63) is 46.9 Å². The normalized spacial score (nSPS) is 10.8. The number of benzene rings is 1. The van der Waals surface area contributed by atoms with Crippen LogP contribution in [0.15, 0.2) is 24.3 Å². The molecule has 0 radical (unpaired) electrons. The number of hydrogen-bond donors (Lipinski definition) is 0. The van der Waals surface area contributed by atoms with Crippen LogP contribution in [-0.2, 0) is 11.2 Å². The molecule has 0 N–H and O–H groups in total. The van der Waals surface area contributed by atoms with Gasteiger partial charge in [-0.1, -0.05) is 68.9 Å². The second kappa shape index (κ2) is 10.8. The Labute approximate surface area is 163 Å². The van der Waals surface area contributed by atoms with Crippen molar-refractivity contribution < 1.29 is 9.53 Å². The molecule has 27 heavy (non-hydrogen) atoms. The summed E-state index contributed by atoms with van der Waals surface area (Å²) in [4.78, 5) is 21.9. The van der Waals surface area contributed by atoms with Crippen molar-refractivity contribution in [2.24, 2.45) is 0 Å². The SMILES string of the molecule is CCCCCCCCc1nc(C)c(C(=O)OCC)c(-c2ccc(C)cc2)n1. The van der Waals surface area contributed by atoms with E-state index in [-0.39, 0.29) is 5.97 Å². The first-order valence-corrected chi connectivity index (χ1v) is 10.2. The number of aryl methyl sites for hydroxylation is 3. The third-order valence-electron chi connectivity index (χ3n) is 4.69. The highest BCUT2D eigenvalue weighted by molar-refractivity contribution is 5.97. The first-order chi connectivity index (χ1) is 13.1. The highest BCUT2D eigenvalue weighted by atomic mass is 16.5. The van der Waals surface area contributed by atoms with Crippen molar-refractivity contribution in [3.63, 3.8) is 0 Å². The maximum atomic E-state index is 12.5. The lowest BCUT2D eigenvalue weighted by atomic mass is 10.0. The quantitative estimate of drug-likeness (QED) is 0.390. The van der Waals surface area contributed by atoms with Crippen molar-refractivity contribution in [1.29, 1.82) is 0 Å². The smallest absolute Gasteiger partial charge is 0.342 e. The van der Waals surface area contributed by atoms with E-state index in [1.165, 1.54) is 37.7 Å². The van der Waals surface area contributed by atoms with Gasteiger partial charge in [-0.3, -0.25) is 0 Å². The van der Waals surface area contributed by atoms with E-state index in [2.05, 4.69) is 11.9 Å². The fourth-order valence-electron chi connectivity index (χ4n) is 3.17. The van der Waals surface area contributed by atoms with Crippen molar-refractivity contribution in [3.8, 4) is 11.3 Å². The fourth-order valence-corrected chi connectivity index (χ4v) is 3.17. The molecule has 2 aromatic rings. The number of carbonyl (C=O) groups is 1. The third kappa shape index (κ3) is 6.16. The molecule has 1 aromatic heterocycles. The number of unbranched alkanes of at least 4 members (excludes halogenated alkanes) is 5. The van der Waals surface area contributed by atoms with Crippen LogP contribution < -0.4 is 0 Å². The van der Waals surface area contributed by atoms with Gasteiger partial charge in [0.25, 0.3) is 0 Å². The molecule has 0 fully saturated rings. The number of carbonyl (C=O) groups excluding carboxylic acids is 1. The first-order valence-electron chi connectivity index (χ1n) is 10.2. The Kier molecular flexibility index (Phi) is 8.43. The zero-order valence-corrected chi connectivity index (χ0v) is 17.2. The van der Waals surface area contributed by atoms with Crippen molar-refractivity contribution in [2.45, 2.75) is 72.6 Å². The Hall–Kier alpha value is -2.23. The summed E-state index contributed by atoms with van der Waals surface area (Å²) in [6, 6.07) is 8.09. The molecule has 0 spiro atoms. The van der Waals surface area contributed by atoms with Gasteiger partial charge in [-0.2, -0.15) is 0 Å². The number of nitrogens with zero attached hydrogens (tertiary/aromatic N) is 2. The monoisotopic (exact) mass is 368 g/mol. The van der Waals surface area contributed by atoms with E-state index < -0.39 is 0 Å². The van der Waals surface area contributed by atoms with Crippen LogP contribution in [0.2, 0.25) is 0 Å². The summed E-state index contributed by atoms with van der Waals surface area (Å²) in [6.07, 6.45) is 8.25. The highest BCUT2D eigenvalue weighted by Gasteiger charge is 2.21. The van der Waals surface area contributed by atoms with Gasteiger partial charge in [-0.05, 0) is 27.2 Å². The molecule has 4 heteroatoms. The van der Waals surface area contributed by atoms with E-state index in [9.17, 15) is 4.79 Å². The molecule has 0 aliphatic carbocycles. The van der Waals surface area contributed by atoms with Crippen LogP contribution in [0, 0.1) is 13.8 Å². The predicted molar refractivity (Wildman–Crippen MR) is 110 cm³/mol. The van der Waals surface area contributed by atoms with E-state index in [4.69, 9.17) is 9.72 Å². The minimum Gasteiger partial charge on any atom is -0.462 e. The molecular weight excluding hydrogens is 336 g/mol. The van der Waals surface area contributed by atoms with Gasteiger partial charge in [0.2, 0.25) is 0 Å². The van der Waals surface area contributed by atoms with Crippen molar-refractivity contribution in [1.82, 2.24) is 9.97 Å². The number of esters is 1. The molecule has 0 amide bonds. The molecule has 0 saturated carbocycles. The second-order valence-electron chi connectivity index (χ2n) is 7.05. The Bertz CT molecular complexity index is 739. The number of ether oxygens (including phenoxy) is 1. The summed E-state index contributed by atoms with van der Waals surface area (Å²) in [7, 11) is 0. The van der Waals surface area contributed by atoms with E-state index in [1.807, 2.05) is 45.0 Å². The van der Waals surface area contributed by atoms with Crippen LogP contribution in [0.5, 0.6) is 0 Å². The molecule has 0 unspecified atom stereocenters. The lowest BCUT2D eigenvalue weighted by Gasteiger charge is -2.13. The summed E-state index contributed by atoms with van der Waals surface area (Å²) >= 11 is 0. The number of hydrogen-bond acceptors (Lipinski definition) is 4. The standard InChI is InChI=1S/C23H32N2O2/c1-5-7-8-9-10-11-12-20-24-18(4)21(23(26)27-6-2)22(25-20)19-15-13-17(3)14-16-19/h13-16H,5-12H2,1-4H3. The molecule has 2 rings (SSSR count).